The standard InChI is InChI=1S/C17H21FN4O3/c1-3-5-21(4-2)6-7-22-12-9-10(15(19)23)8-11-13(12)14(16(22)24)17(11,18)20-25/h8-9,14H,3-7H2,1-2H3,(H2,19,23)/t14-,17?/m1/s1. The van der Waals surface area contributed by atoms with Crippen molar-refractivity contribution in [2.24, 2.45) is 10.9 Å². The highest BCUT2D eigenvalue weighted by Crippen LogP contribution is 2.61. The van der Waals surface area contributed by atoms with Crippen LogP contribution in [0.25, 0.3) is 0 Å². The summed E-state index contributed by atoms with van der Waals surface area (Å²) in [6, 6.07) is 2.73. The van der Waals surface area contributed by atoms with Crippen molar-refractivity contribution in [1.29, 1.82) is 0 Å². The van der Waals surface area contributed by atoms with Crippen molar-refractivity contribution < 1.29 is 14.0 Å². The molecule has 0 bridgehead atoms. The zero-order valence-corrected chi connectivity index (χ0v) is 14.3. The summed E-state index contributed by atoms with van der Waals surface area (Å²) < 4.78 is 14.9. The Kier molecular flexibility index (Phi) is 4.32. The van der Waals surface area contributed by atoms with Gasteiger partial charge in [-0.2, -0.15) is 0 Å². The number of nitroso groups, excluding NO2 is 1. The van der Waals surface area contributed by atoms with Gasteiger partial charge in [-0.15, -0.1) is 4.91 Å². The highest BCUT2D eigenvalue weighted by molar-refractivity contribution is 6.10. The van der Waals surface area contributed by atoms with Gasteiger partial charge in [0.1, 0.15) is 5.92 Å². The molecule has 0 fully saturated rings. The van der Waals surface area contributed by atoms with Crippen LogP contribution < -0.4 is 10.6 Å². The Labute approximate surface area is 144 Å². The molecular weight excluding hydrogens is 327 g/mol. The Morgan fingerprint density at radius 3 is 2.68 bits per heavy atom. The van der Waals surface area contributed by atoms with Crippen LogP contribution in [0.5, 0.6) is 0 Å². The molecule has 0 radical (unpaired) electrons. The molecule has 1 unspecified atom stereocenters. The lowest BCUT2D eigenvalue weighted by molar-refractivity contribution is -0.124. The molecule has 25 heavy (non-hydrogen) atoms. The maximum atomic E-state index is 14.9. The van der Waals surface area contributed by atoms with Crippen LogP contribution in [0.4, 0.5) is 10.1 Å². The SMILES string of the molecule is CCCN(CC)CCN1C(=O)[C@H]2c3c1cc(C(N)=O)cc3C2(F)N=O. The summed E-state index contributed by atoms with van der Waals surface area (Å²) in [5, 5.41) is 2.55. The fourth-order valence-corrected chi connectivity index (χ4v) is 3.75. The summed E-state index contributed by atoms with van der Waals surface area (Å²) in [6.07, 6.45) is 0.986. The van der Waals surface area contributed by atoms with Crippen molar-refractivity contribution in [3.63, 3.8) is 0 Å². The molecule has 0 spiro atoms. The summed E-state index contributed by atoms with van der Waals surface area (Å²) in [5.74, 6) is -5.05. The van der Waals surface area contributed by atoms with E-state index in [0.29, 0.717) is 24.3 Å². The molecule has 1 aromatic carbocycles. The van der Waals surface area contributed by atoms with E-state index in [0.717, 1.165) is 19.5 Å². The lowest BCUT2D eigenvalue weighted by Gasteiger charge is -2.35. The van der Waals surface area contributed by atoms with Crippen LogP contribution in [0.1, 0.15) is 47.7 Å². The molecule has 2 aliphatic rings. The molecule has 134 valence electrons. The summed E-state index contributed by atoms with van der Waals surface area (Å²) in [4.78, 5) is 38.9. The molecule has 2 amide bonds. The van der Waals surface area contributed by atoms with Crippen LogP contribution >= 0.6 is 0 Å². The summed E-state index contributed by atoms with van der Waals surface area (Å²) >= 11 is 0. The molecule has 2 atom stereocenters. The number of primary amides is 1. The number of rotatable bonds is 8. The van der Waals surface area contributed by atoms with Gasteiger partial charge in [-0.25, -0.2) is 4.39 Å². The first-order valence-electron chi connectivity index (χ1n) is 8.44. The number of benzene rings is 1. The van der Waals surface area contributed by atoms with Crippen LogP contribution in [0.15, 0.2) is 17.3 Å². The van der Waals surface area contributed by atoms with Gasteiger partial charge in [0.25, 0.3) is 5.79 Å². The van der Waals surface area contributed by atoms with Crippen LogP contribution in [-0.2, 0) is 10.6 Å². The number of hydrogen-bond acceptors (Lipinski definition) is 5. The molecule has 0 saturated heterocycles. The molecule has 2 N–H and O–H groups in total. The number of hydrogen-bond donors (Lipinski definition) is 1. The molecule has 1 aliphatic carbocycles. The first-order valence-corrected chi connectivity index (χ1v) is 8.44. The van der Waals surface area contributed by atoms with Gasteiger partial charge in [-0.3, -0.25) is 9.59 Å². The van der Waals surface area contributed by atoms with Crippen molar-refractivity contribution in [1.82, 2.24) is 4.90 Å². The minimum atomic E-state index is -2.62. The second-order valence-electron chi connectivity index (χ2n) is 6.44. The molecule has 0 saturated carbocycles. The lowest BCUT2D eigenvalue weighted by atomic mass is 9.71. The van der Waals surface area contributed by atoms with E-state index in [2.05, 4.69) is 17.0 Å². The largest absolute Gasteiger partial charge is 0.366 e. The van der Waals surface area contributed by atoms with Gasteiger partial charge in [-0.05, 0) is 36.8 Å². The average Bonchev–Trinajstić information content (AvgIpc) is 2.87. The first kappa shape index (κ1) is 17.5. The van der Waals surface area contributed by atoms with Crippen LogP contribution in [0.3, 0.4) is 0 Å². The zero-order valence-electron chi connectivity index (χ0n) is 14.3. The highest BCUT2D eigenvalue weighted by Gasteiger charge is 2.64. The minimum absolute atomic E-state index is 0.0180. The number of halogens is 1. The monoisotopic (exact) mass is 348 g/mol. The molecule has 3 rings (SSSR count). The van der Waals surface area contributed by atoms with E-state index in [1.807, 2.05) is 6.92 Å². The third-order valence-corrected chi connectivity index (χ3v) is 5.06. The zero-order chi connectivity index (χ0) is 18.4. The second-order valence-corrected chi connectivity index (χ2v) is 6.44. The number of anilines is 1. The van der Waals surface area contributed by atoms with Gasteiger partial charge in [-0.1, -0.05) is 13.8 Å². The van der Waals surface area contributed by atoms with Gasteiger partial charge in [0.15, 0.2) is 0 Å². The van der Waals surface area contributed by atoms with Crippen LogP contribution in [0.2, 0.25) is 0 Å². The van der Waals surface area contributed by atoms with Gasteiger partial charge in [0.05, 0.1) is 0 Å². The Morgan fingerprint density at radius 2 is 2.12 bits per heavy atom. The van der Waals surface area contributed by atoms with Crippen LogP contribution in [0, 0.1) is 4.91 Å². The molecular formula is C17H21FN4O3. The third kappa shape index (κ3) is 2.43. The van der Waals surface area contributed by atoms with Gasteiger partial charge >= 0.3 is 0 Å². The molecule has 0 aromatic heterocycles. The quantitative estimate of drug-likeness (QED) is 0.573. The van der Waals surface area contributed by atoms with Gasteiger partial charge < -0.3 is 15.5 Å². The lowest BCUT2D eigenvalue weighted by Crippen LogP contribution is -2.44. The molecule has 7 nitrogen and oxygen atoms in total. The van der Waals surface area contributed by atoms with Gasteiger partial charge in [0, 0.05) is 35.5 Å². The summed E-state index contributed by atoms with van der Waals surface area (Å²) in [6.45, 7) is 6.80. The van der Waals surface area contributed by atoms with E-state index in [4.69, 9.17) is 5.73 Å². The van der Waals surface area contributed by atoms with E-state index in [9.17, 15) is 18.9 Å². The Hall–Kier alpha value is -2.35. The normalized spacial score (nSPS) is 23.6. The number of nitrogens with two attached hydrogens (primary N) is 1. The number of likely N-dealkylation sites (N-methyl/N-ethyl adjacent to an activating group) is 1. The fraction of sp³-hybridized carbons (Fsp3) is 0.529. The molecule has 1 aliphatic heterocycles. The Balaban J connectivity index is 1.96. The van der Waals surface area contributed by atoms with E-state index in [-0.39, 0.29) is 11.1 Å². The highest BCUT2D eigenvalue weighted by atomic mass is 19.1. The second kappa shape index (κ2) is 6.18. The van der Waals surface area contributed by atoms with Crippen molar-refractivity contribution in [2.45, 2.75) is 32.0 Å². The fourth-order valence-electron chi connectivity index (χ4n) is 3.75. The van der Waals surface area contributed by atoms with Crippen molar-refractivity contribution >= 4 is 17.5 Å². The topological polar surface area (TPSA) is 96.1 Å². The number of nitrogens with zero attached hydrogens (tertiary/aromatic N) is 3. The number of amides is 2. The maximum absolute atomic E-state index is 14.9. The number of alkyl halides is 1. The summed E-state index contributed by atoms with van der Waals surface area (Å²) in [5.41, 5.74) is 6.27. The Bertz CT molecular complexity index is 754. The maximum Gasteiger partial charge on any atom is 0.281 e. The Morgan fingerprint density at radius 1 is 1.40 bits per heavy atom. The van der Waals surface area contributed by atoms with Crippen molar-refractivity contribution in [3.8, 4) is 0 Å². The molecule has 8 heteroatoms. The first-order chi connectivity index (χ1) is 11.9. The van der Waals surface area contributed by atoms with E-state index in [1.165, 1.54) is 17.0 Å². The van der Waals surface area contributed by atoms with Gasteiger partial charge in [0.2, 0.25) is 11.8 Å². The predicted molar refractivity (Wildman–Crippen MR) is 91.0 cm³/mol. The average molecular weight is 348 g/mol. The molecule has 1 heterocycles. The van der Waals surface area contributed by atoms with Crippen molar-refractivity contribution in [3.05, 3.63) is 33.7 Å². The van der Waals surface area contributed by atoms with E-state index >= 15 is 0 Å². The van der Waals surface area contributed by atoms with Crippen LogP contribution in [-0.4, -0.2) is 42.9 Å². The van der Waals surface area contributed by atoms with E-state index in [1.54, 1.807) is 0 Å². The number of carbonyl (C=O) groups is 2. The molecule has 1 aromatic rings. The van der Waals surface area contributed by atoms with Crippen molar-refractivity contribution in [2.75, 3.05) is 31.1 Å². The number of carbonyl (C=O) groups excluding carboxylic acids is 2. The van der Waals surface area contributed by atoms with E-state index < -0.39 is 23.5 Å². The summed E-state index contributed by atoms with van der Waals surface area (Å²) in [7, 11) is 0. The minimum Gasteiger partial charge on any atom is -0.366 e. The third-order valence-electron chi connectivity index (χ3n) is 5.06. The predicted octanol–water partition coefficient (Wildman–Crippen LogP) is 1.85. The smallest absolute Gasteiger partial charge is 0.281 e.